The van der Waals surface area contributed by atoms with Crippen molar-refractivity contribution >= 4 is 28.2 Å². The number of nitrogens with two attached hydrogens (primary N) is 1. The van der Waals surface area contributed by atoms with E-state index < -0.39 is 5.97 Å². The Labute approximate surface area is 145 Å². The Morgan fingerprint density at radius 3 is 2.71 bits per heavy atom. The number of hydrogen-bond donors (Lipinski definition) is 1. The van der Waals surface area contributed by atoms with Crippen molar-refractivity contribution in [2.75, 3.05) is 18.9 Å². The zero-order valence-electron chi connectivity index (χ0n) is 13.8. The second kappa shape index (κ2) is 6.65. The van der Waals surface area contributed by atoms with Crippen molar-refractivity contribution in [2.24, 2.45) is 0 Å². The van der Waals surface area contributed by atoms with Crippen molar-refractivity contribution in [3.05, 3.63) is 51.4 Å². The van der Waals surface area contributed by atoms with E-state index in [1.54, 1.807) is 13.8 Å². The quantitative estimate of drug-likeness (QED) is 0.869. The van der Waals surface area contributed by atoms with Crippen LogP contribution in [0.15, 0.2) is 24.3 Å². The predicted octanol–water partition coefficient (Wildman–Crippen LogP) is 3.01. The van der Waals surface area contributed by atoms with Crippen LogP contribution in [-0.2, 0) is 17.7 Å². The lowest BCUT2D eigenvalue weighted by atomic mass is 9.99. The van der Waals surface area contributed by atoms with Crippen LogP contribution >= 0.6 is 11.3 Å². The number of amides is 1. The van der Waals surface area contributed by atoms with Gasteiger partial charge in [0, 0.05) is 13.1 Å². The van der Waals surface area contributed by atoms with Gasteiger partial charge < -0.3 is 15.4 Å². The van der Waals surface area contributed by atoms with Crippen molar-refractivity contribution in [2.45, 2.75) is 26.8 Å². The molecule has 1 aliphatic heterocycles. The summed E-state index contributed by atoms with van der Waals surface area (Å²) in [5.41, 5.74) is 9.36. The Bertz CT molecular complexity index is 798. The van der Waals surface area contributed by atoms with Gasteiger partial charge in [-0.15, -0.1) is 11.3 Å². The highest BCUT2D eigenvalue weighted by Crippen LogP contribution is 2.33. The fourth-order valence-corrected chi connectivity index (χ4v) is 4.04. The number of rotatable bonds is 3. The summed E-state index contributed by atoms with van der Waals surface area (Å²) < 4.78 is 5.04. The lowest BCUT2D eigenvalue weighted by Gasteiger charge is -2.28. The fraction of sp³-hybridized carbons (Fsp3) is 0.333. The van der Waals surface area contributed by atoms with E-state index in [9.17, 15) is 9.59 Å². The van der Waals surface area contributed by atoms with Crippen molar-refractivity contribution < 1.29 is 14.3 Å². The van der Waals surface area contributed by atoms with E-state index in [0.717, 1.165) is 17.8 Å². The van der Waals surface area contributed by atoms with Gasteiger partial charge in [0.25, 0.3) is 5.91 Å². The Kier molecular flexibility index (Phi) is 4.57. The van der Waals surface area contributed by atoms with Crippen molar-refractivity contribution in [1.29, 1.82) is 0 Å². The normalized spacial score (nSPS) is 13.5. The molecule has 3 rings (SSSR count). The van der Waals surface area contributed by atoms with Crippen LogP contribution < -0.4 is 5.73 Å². The maximum Gasteiger partial charge on any atom is 0.341 e. The van der Waals surface area contributed by atoms with E-state index >= 15 is 0 Å². The summed E-state index contributed by atoms with van der Waals surface area (Å²) in [5, 5.41) is 0.340. The molecule has 1 amide bonds. The molecular weight excluding hydrogens is 324 g/mol. The monoisotopic (exact) mass is 344 g/mol. The Balaban J connectivity index is 1.86. The largest absolute Gasteiger partial charge is 0.462 e. The topological polar surface area (TPSA) is 72.6 Å². The van der Waals surface area contributed by atoms with Crippen LogP contribution in [-0.4, -0.2) is 29.9 Å². The van der Waals surface area contributed by atoms with Crippen molar-refractivity contribution in [3.63, 3.8) is 0 Å². The van der Waals surface area contributed by atoms with Crippen LogP contribution in [0.2, 0.25) is 0 Å². The van der Waals surface area contributed by atoms with Gasteiger partial charge in [0.05, 0.1) is 17.0 Å². The molecule has 0 aliphatic carbocycles. The van der Waals surface area contributed by atoms with E-state index in [1.165, 1.54) is 11.1 Å². The molecular formula is C18H20N2O3S. The van der Waals surface area contributed by atoms with Crippen LogP contribution in [0.25, 0.3) is 0 Å². The molecule has 1 aliphatic rings. The van der Waals surface area contributed by atoms with Gasteiger partial charge in [-0.25, -0.2) is 4.79 Å². The third kappa shape index (κ3) is 2.89. The second-order valence-corrected chi connectivity index (χ2v) is 6.81. The number of ether oxygens (including phenoxy) is 1. The minimum Gasteiger partial charge on any atom is -0.462 e. The Morgan fingerprint density at radius 2 is 2.00 bits per heavy atom. The van der Waals surface area contributed by atoms with E-state index in [1.807, 2.05) is 17.0 Å². The molecule has 1 aromatic heterocycles. The van der Waals surface area contributed by atoms with E-state index in [0.29, 0.717) is 34.1 Å². The predicted molar refractivity (Wildman–Crippen MR) is 94.3 cm³/mol. The van der Waals surface area contributed by atoms with Gasteiger partial charge in [-0.2, -0.15) is 0 Å². The number of benzene rings is 1. The maximum atomic E-state index is 12.9. The molecule has 0 saturated heterocycles. The van der Waals surface area contributed by atoms with Gasteiger partial charge in [-0.1, -0.05) is 24.3 Å². The van der Waals surface area contributed by atoms with Crippen LogP contribution in [0.3, 0.4) is 0 Å². The highest BCUT2D eigenvalue weighted by atomic mass is 32.1. The van der Waals surface area contributed by atoms with E-state index in [-0.39, 0.29) is 12.5 Å². The van der Waals surface area contributed by atoms with Crippen molar-refractivity contribution in [3.8, 4) is 0 Å². The number of esters is 1. The van der Waals surface area contributed by atoms with Gasteiger partial charge in [-0.05, 0) is 37.0 Å². The molecule has 0 bridgehead atoms. The molecule has 0 fully saturated rings. The molecule has 2 heterocycles. The smallest absolute Gasteiger partial charge is 0.341 e. The number of anilines is 1. The van der Waals surface area contributed by atoms with Gasteiger partial charge in [0.1, 0.15) is 5.00 Å². The van der Waals surface area contributed by atoms with Crippen LogP contribution in [0.4, 0.5) is 5.00 Å². The molecule has 0 unspecified atom stereocenters. The molecule has 126 valence electrons. The third-order valence-corrected chi connectivity index (χ3v) is 5.37. The fourth-order valence-electron chi connectivity index (χ4n) is 3.01. The number of carbonyl (C=O) groups is 2. The van der Waals surface area contributed by atoms with Gasteiger partial charge >= 0.3 is 5.97 Å². The summed E-state index contributed by atoms with van der Waals surface area (Å²) in [4.78, 5) is 27.3. The highest BCUT2D eigenvalue weighted by Gasteiger charge is 2.28. The average molecular weight is 344 g/mol. The van der Waals surface area contributed by atoms with Gasteiger partial charge in [0.15, 0.2) is 0 Å². The summed E-state index contributed by atoms with van der Waals surface area (Å²) >= 11 is 1.16. The summed E-state index contributed by atoms with van der Waals surface area (Å²) in [5.74, 6) is -0.541. The lowest BCUT2D eigenvalue weighted by molar-refractivity contribution is 0.0527. The number of fused-ring (bicyclic) bond motifs is 1. The minimum absolute atomic E-state index is 0.0748. The summed E-state index contributed by atoms with van der Waals surface area (Å²) in [6, 6.07) is 8.16. The number of carbonyl (C=O) groups excluding carboxylic acids is 2. The van der Waals surface area contributed by atoms with E-state index in [2.05, 4.69) is 12.1 Å². The molecule has 0 saturated carbocycles. The number of thiophene rings is 1. The first-order valence-corrected chi connectivity index (χ1v) is 8.76. The third-order valence-electron chi connectivity index (χ3n) is 4.27. The molecule has 0 radical (unpaired) electrons. The Morgan fingerprint density at radius 1 is 1.29 bits per heavy atom. The minimum atomic E-state index is -0.466. The Hall–Kier alpha value is -2.34. The first-order chi connectivity index (χ1) is 11.5. The molecule has 0 atom stereocenters. The summed E-state index contributed by atoms with van der Waals surface area (Å²) in [6.07, 6.45) is 0.840. The molecule has 2 N–H and O–H groups in total. The number of nitrogens with zero attached hydrogens (tertiary/aromatic N) is 1. The maximum absolute atomic E-state index is 12.9. The zero-order valence-corrected chi connectivity index (χ0v) is 14.6. The van der Waals surface area contributed by atoms with Gasteiger partial charge in [-0.3, -0.25) is 4.79 Å². The zero-order chi connectivity index (χ0) is 17.3. The molecule has 5 nitrogen and oxygen atoms in total. The van der Waals surface area contributed by atoms with E-state index in [4.69, 9.17) is 10.5 Å². The first-order valence-electron chi connectivity index (χ1n) is 7.95. The SMILES string of the molecule is CCOC(=O)c1c(N)sc(C(=O)N2CCc3ccccc3C2)c1C. The lowest BCUT2D eigenvalue weighted by Crippen LogP contribution is -2.35. The van der Waals surface area contributed by atoms with Crippen LogP contribution in [0, 0.1) is 6.92 Å². The van der Waals surface area contributed by atoms with Crippen LogP contribution in [0.5, 0.6) is 0 Å². The molecule has 24 heavy (non-hydrogen) atoms. The first kappa shape index (κ1) is 16.5. The summed E-state index contributed by atoms with van der Waals surface area (Å²) in [7, 11) is 0. The van der Waals surface area contributed by atoms with Crippen LogP contribution in [0.1, 0.15) is 43.6 Å². The average Bonchev–Trinajstić information content (AvgIpc) is 2.88. The van der Waals surface area contributed by atoms with Gasteiger partial charge in [0.2, 0.25) is 0 Å². The molecule has 6 heteroatoms. The second-order valence-electron chi connectivity index (χ2n) is 5.76. The number of hydrogen-bond acceptors (Lipinski definition) is 5. The van der Waals surface area contributed by atoms with Crippen molar-refractivity contribution in [1.82, 2.24) is 4.90 Å². The molecule has 2 aromatic rings. The number of nitrogen functional groups attached to an aromatic ring is 1. The summed E-state index contributed by atoms with van der Waals surface area (Å²) in [6.45, 7) is 5.03. The highest BCUT2D eigenvalue weighted by molar-refractivity contribution is 7.18. The molecule has 0 spiro atoms. The molecule has 1 aromatic carbocycles. The standard InChI is InChI=1S/C18H20N2O3S/c1-3-23-18(22)14-11(2)15(24-16(14)19)17(21)20-9-8-12-6-4-5-7-13(12)10-20/h4-7H,3,8-10,19H2,1-2H3.